The van der Waals surface area contributed by atoms with E-state index in [1.54, 1.807) is 18.3 Å². The Kier molecular flexibility index (Phi) is 6.41. The summed E-state index contributed by atoms with van der Waals surface area (Å²) in [5.74, 6) is 1.02. The molecule has 1 aromatic rings. The van der Waals surface area contributed by atoms with E-state index >= 15 is 0 Å². The molecule has 0 aliphatic heterocycles. The van der Waals surface area contributed by atoms with Gasteiger partial charge in [0.15, 0.2) is 5.96 Å². The lowest BCUT2D eigenvalue weighted by Gasteiger charge is -2.21. The standard InChI is InChI=1S/C16H26N4O2S/c1-3-17-15(19-8-7-18-14(21)12-4-5-12)20-11-16(2,22)13-6-9-23-10-13/h6,9-10,12,22H,3-5,7-8,11H2,1-2H3,(H,18,21)(H2,17,19,20). The molecule has 1 aromatic heterocycles. The van der Waals surface area contributed by atoms with Crippen LogP contribution in [0.1, 0.15) is 32.3 Å². The molecule has 2 rings (SSSR count). The number of thiophene rings is 1. The maximum absolute atomic E-state index is 11.5. The SMILES string of the molecule is CCNC(=NCC(C)(O)c1ccsc1)NCCNC(=O)C1CC1. The average molecular weight is 338 g/mol. The molecule has 0 spiro atoms. The minimum atomic E-state index is -0.984. The highest BCUT2D eigenvalue weighted by atomic mass is 32.1. The number of nitrogens with zero attached hydrogens (tertiary/aromatic N) is 1. The summed E-state index contributed by atoms with van der Waals surface area (Å²) in [5, 5.41) is 23.6. The van der Waals surface area contributed by atoms with E-state index in [4.69, 9.17) is 0 Å². The summed E-state index contributed by atoms with van der Waals surface area (Å²) in [6.07, 6.45) is 2.03. The smallest absolute Gasteiger partial charge is 0.223 e. The van der Waals surface area contributed by atoms with Crippen LogP contribution in [0, 0.1) is 5.92 Å². The van der Waals surface area contributed by atoms with Gasteiger partial charge in [0.2, 0.25) is 5.91 Å². The highest BCUT2D eigenvalue weighted by Gasteiger charge is 2.29. The minimum Gasteiger partial charge on any atom is -0.383 e. The van der Waals surface area contributed by atoms with Crippen molar-refractivity contribution in [2.45, 2.75) is 32.3 Å². The maximum Gasteiger partial charge on any atom is 0.223 e. The molecule has 0 saturated heterocycles. The van der Waals surface area contributed by atoms with Gasteiger partial charge in [0.05, 0.1) is 6.54 Å². The predicted octanol–water partition coefficient (Wildman–Crippen LogP) is 1.04. The largest absolute Gasteiger partial charge is 0.383 e. The highest BCUT2D eigenvalue weighted by molar-refractivity contribution is 7.08. The molecule has 1 heterocycles. The Hall–Kier alpha value is -1.60. The number of aliphatic imine (C=N–C) groups is 1. The van der Waals surface area contributed by atoms with Crippen molar-refractivity contribution in [3.8, 4) is 0 Å². The van der Waals surface area contributed by atoms with E-state index in [1.165, 1.54) is 0 Å². The molecule has 4 N–H and O–H groups in total. The lowest BCUT2D eigenvalue weighted by atomic mass is 10.00. The molecule has 1 aliphatic rings. The van der Waals surface area contributed by atoms with Crippen LogP contribution >= 0.6 is 11.3 Å². The number of carbonyl (C=O) groups excluding carboxylic acids is 1. The molecule has 1 atom stereocenters. The van der Waals surface area contributed by atoms with E-state index < -0.39 is 5.60 Å². The van der Waals surface area contributed by atoms with Gasteiger partial charge in [0.1, 0.15) is 5.60 Å². The van der Waals surface area contributed by atoms with Crippen molar-refractivity contribution in [3.05, 3.63) is 22.4 Å². The number of carbonyl (C=O) groups is 1. The van der Waals surface area contributed by atoms with Crippen molar-refractivity contribution in [2.24, 2.45) is 10.9 Å². The fraction of sp³-hybridized carbons (Fsp3) is 0.625. The van der Waals surface area contributed by atoms with Gasteiger partial charge < -0.3 is 21.1 Å². The van der Waals surface area contributed by atoms with Crippen LogP contribution in [0.3, 0.4) is 0 Å². The van der Waals surface area contributed by atoms with Crippen LogP contribution in [-0.2, 0) is 10.4 Å². The molecule has 7 heteroatoms. The molecule has 128 valence electrons. The number of rotatable bonds is 8. The van der Waals surface area contributed by atoms with Gasteiger partial charge >= 0.3 is 0 Å². The molecule has 6 nitrogen and oxygen atoms in total. The van der Waals surface area contributed by atoms with E-state index in [0.717, 1.165) is 24.9 Å². The normalized spacial score (nSPS) is 17.4. The molecule has 0 bridgehead atoms. The van der Waals surface area contributed by atoms with Gasteiger partial charge in [-0.3, -0.25) is 4.79 Å². The Balaban J connectivity index is 1.78. The van der Waals surface area contributed by atoms with Crippen molar-refractivity contribution >= 4 is 23.2 Å². The Morgan fingerprint density at radius 3 is 2.74 bits per heavy atom. The first-order valence-electron chi connectivity index (χ1n) is 8.08. The average Bonchev–Trinajstić information content (AvgIpc) is 3.22. The van der Waals surface area contributed by atoms with Crippen molar-refractivity contribution < 1.29 is 9.90 Å². The third-order valence-corrected chi connectivity index (χ3v) is 4.38. The molecule has 1 saturated carbocycles. The highest BCUT2D eigenvalue weighted by Crippen LogP contribution is 2.28. The fourth-order valence-electron chi connectivity index (χ4n) is 2.09. The lowest BCUT2D eigenvalue weighted by Crippen LogP contribution is -2.42. The summed E-state index contributed by atoms with van der Waals surface area (Å²) in [6.45, 7) is 5.93. The summed E-state index contributed by atoms with van der Waals surface area (Å²) in [7, 11) is 0. The first-order valence-corrected chi connectivity index (χ1v) is 9.02. The van der Waals surface area contributed by atoms with Gasteiger partial charge in [-0.05, 0) is 49.1 Å². The van der Waals surface area contributed by atoms with Gasteiger partial charge in [-0.15, -0.1) is 0 Å². The van der Waals surface area contributed by atoms with Crippen LogP contribution < -0.4 is 16.0 Å². The molecule has 23 heavy (non-hydrogen) atoms. The minimum absolute atomic E-state index is 0.147. The van der Waals surface area contributed by atoms with Gasteiger partial charge in [-0.1, -0.05) is 0 Å². The second kappa shape index (κ2) is 8.31. The zero-order valence-corrected chi connectivity index (χ0v) is 14.6. The second-order valence-electron chi connectivity index (χ2n) is 5.97. The molecule has 1 unspecified atom stereocenters. The van der Waals surface area contributed by atoms with Crippen molar-refractivity contribution in [3.63, 3.8) is 0 Å². The lowest BCUT2D eigenvalue weighted by molar-refractivity contribution is -0.122. The summed E-state index contributed by atoms with van der Waals surface area (Å²) in [6, 6.07) is 1.91. The number of hydrogen-bond acceptors (Lipinski definition) is 4. The molecule has 0 radical (unpaired) electrons. The first kappa shape index (κ1) is 17.7. The van der Waals surface area contributed by atoms with E-state index in [0.29, 0.717) is 19.0 Å². The third kappa shape index (κ3) is 5.84. The molecule has 1 amide bonds. The molecule has 1 aliphatic carbocycles. The van der Waals surface area contributed by atoms with Gasteiger partial charge in [0.25, 0.3) is 0 Å². The second-order valence-corrected chi connectivity index (χ2v) is 6.75. The van der Waals surface area contributed by atoms with Crippen LogP contribution in [0.5, 0.6) is 0 Å². The van der Waals surface area contributed by atoms with Gasteiger partial charge in [-0.25, -0.2) is 4.99 Å². The van der Waals surface area contributed by atoms with Crippen molar-refractivity contribution in [1.29, 1.82) is 0 Å². The van der Waals surface area contributed by atoms with E-state index in [9.17, 15) is 9.90 Å². The summed E-state index contributed by atoms with van der Waals surface area (Å²) in [4.78, 5) is 16.0. The number of aliphatic hydroxyl groups is 1. The summed E-state index contributed by atoms with van der Waals surface area (Å²) < 4.78 is 0. The van der Waals surface area contributed by atoms with Crippen LogP contribution in [0.25, 0.3) is 0 Å². The van der Waals surface area contributed by atoms with Crippen LogP contribution in [0.2, 0.25) is 0 Å². The van der Waals surface area contributed by atoms with Gasteiger partial charge in [-0.2, -0.15) is 11.3 Å². The Morgan fingerprint density at radius 2 is 2.13 bits per heavy atom. The molecule has 0 aromatic carbocycles. The molecular weight excluding hydrogens is 312 g/mol. The maximum atomic E-state index is 11.5. The van der Waals surface area contributed by atoms with Gasteiger partial charge in [0, 0.05) is 25.6 Å². The zero-order chi connectivity index (χ0) is 16.7. The number of hydrogen-bond donors (Lipinski definition) is 4. The number of nitrogens with one attached hydrogen (secondary N) is 3. The monoisotopic (exact) mass is 338 g/mol. The fourth-order valence-corrected chi connectivity index (χ4v) is 2.88. The quantitative estimate of drug-likeness (QED) is 0.324. The van der Waals surface area contributed by atoms with Crippen LogP contribution in [0.15, 0.2) is 21.8 Å². The predicted molar refractivity (Wildman–Crippen MR) is 93.6 cm³/mol. The first-order chi connectivity index (χ1) is 11.0. The topological polar surface area (TPSA) is 85.8 Å². The number of guanidine groups is 1. The van der Waals surface area contributed by atoms with E-state index in [-0.39, 0.29) is 18.4 Å². The van der Waals surface area contributed by atoms with Crippen molar-refractivity contribution in [2.75, 3.05) is 26.2 Å². The Bertz CT molecular complexity index is 524. The van der Waals surface area contributed by atoms with Crippen LogP contribution in [0.4, 0.5) is 0 Å². The van der Waals surface area contributed by atoms with E-state index in [2.05, 4.69) is 20.9 Å². The summed E-state index contributed by atoms with van der Waals surface area (Å²) in [5.41, 5.74) is -0.110. The Morgan fingerprint density at radius 1 is 1.39 bits per heavy atom. The molecule has 1 fully saturated rings. The van der Waals surface area contributed by atoms with Crippen molar-refractivity contribution in [1.82, 2.24) is 16.0 Å². The van der Waals surface area contributed by atoms with E-state index in [1.807, 2.05) is 23.8 Å². The zero-order valence-electron chi connectivity index (χ0n) is 13.8. The van der Waals surface area contributed by atoms with Crippen LogP contribution in [-0.4, -0.2) is 43.2 Å². The Labute approximate surface area is 141 Å². The third-order valence-electron chi connectivity index (χ3n) is 3.70. The number of amides is 1. The summed E-state index contributed by atoms with van der Waals surface area (Å²) >= 11 is 1.56. The molecular formula is C16H26N4O2S.